The van der Waals surface area contributed by atoms with Gasteiger partial charge >= 0.3 is 0 Å². The molecule has 3 heteroatoms. The van der Waals surface area contributed by atoms with Crippen LogP contribution in [0, 0.1) is 0 Å². The summed E-state index contributed by atoms with van der Waals surface area (Å²) in [6, 6.07) is 15.8. The van der Waals surface area contributed by atoms with Gasteiger partial charge in [0.15, 0.2) is 0 Å². The Bertz CT molecular complexity index is 823. The minimum absolute atomic E-state index is 0.571. The molecular formula is C18H15IN2. The third-order valence-electron chi connectivity index (χ3n) is 4.19. The topological polar surface area (TPSA) is 16.1 Å². The summed E-state index contributed by atoms with van der Waals surface area (Å²) < 4.78 is 2.33. The fourth-order valence-electron chi connectivity index (χ4n) is 3.11. The molecule has 2 nitrogen and oxygen atoms in total. The van der Waals surface area contributed by atoms with Crippen molar-refractivity contribution in [2.75, 3.05) is 3.11 Å². The molecule has 0 unspecified atom stereocenters. The molecule has 104 valence electrons. The summed E-state index contributed by atoms with van der Waals surface area (Å²) in [5.74, 6) is 0. The molecule has 1 aliphatic heterocycles. The van der Waals surface area contributed by atoms with Crippen LogP contribution in [0.25, 0.3) is 21.9 Å². The summed E-state index contributed by atoms with van der Waals surface area (Å²) in [7, 11) is 0. The van der Waals surface area contributed by atoms with Crippen LogP contribution in [-0.2, 0) is 6.42 Å². The van der Waals surface area contributed by atoms with E-state index >= 15 is 0 Å². The Hall–Kier alpha value is -1.62. The zero-order valence-corrected chi connectivity index (χ0v) is 13.9. The summed E-state index contributed by atoms with van der Waals surface area (Å²) in [5, 5.41) is 2.46. The maximum absolute atomic E-state index is 4.40. The molecule has 0 radical (unpaired) electrons. The number of halogens is 1. The second-order valence-corrected chi connectivity index (χ2v) is 6.66. The summed E-state index contributed by atoms with van der Waals surface area (Å²) in [5.41, 5.74) is 5.26. The minimum atomic E-state index is 0.571. The summed E-state index contributed by atoms with van der Waals surface area (Å²) in [6.45, 7) is 2.27. The first-order chi connectivity index (χ1) is 10.2. The largest absolute Gasteiger partial charge is 0.311 e. The highest BCUT2D eigenvalue weighted by molar-refractivity contribution is 14.1. The van der Waals surface area contributed by atoms with E-state index in [1.54, 1.807) is 0 Å². The number of nitrogens with zero attached hydrogens (tertiary/aromatic N) is 2. The highest BCUT2D eigenvalue weighted by atomic mass is 127. The fourth-order valence-corrected chi connectivity index (χ4v) is 3.77. The van der Waals surface area contributed by atoms with Crippen molar-refractivity contribution in [3.8, 4) is 11.1 Å². The first-order valence-corrected chi connectivity index (χ1v) is 8.11. The zero-order chi connectivity index (χ0) is 14.4. The van der Waals surface area contributed by atoms with E-state index in [1.807, 2.05) is 12.4 Å². The van der Waals surface area contributed by atoms with Gasteiger partial charge in [0, 0.05) is 35.1 Å². The normalized spacial score (nSPS) is 17.2. The van der Waals surface area contributed by atoms with Crippen LogP contribution in [-0.4, -0.2) is 11.0 Å². The smallest absolute Gasteiger partial charge is 0.0594 e. The summed E-state index contributed by atoms with van der Waals surface area (Å²) >= 11 is 2.41. The van der Waals surface area contributed by atoms with Crippen LogP contribution in [0.2, 0.25) is 0 Å². The Labute approximate surface area is 138 Å². The van der Waals surface area contributed by atoms with Gasteiger partial charge in [-0.25, -0.2) is 0 Å². The molecule has 0 spiro atoms. The maximum atomic E-state index is 4.40. The standard InChI is InChI=1S/C18H15IN2/c1-12-8-15-9-13(6-7-18(15)21(12)19)17-11-20-10-14-4-2-3-5-16(14)17/h2-7,9-12H,8H2,1H3/t12-/m1/s1. The van der Waals surface area contributed by atoms with Gasteiger partial charge in [0.05, 0.1) is 22.9 Å². The number of pyridine rings is 1. The number of hydrogen-bond acceptors (Lipinski definition) is 2. The number of benzene rings is 2. The number of fused-ring (bicyclic) bond motifs is 2. The van der Waals surface area contributed by atoms with E-state index in [2.05, 4.69) is 80.4 Å². The van der Waals surface area contributed by atoms with Gasteiger partial charge in [-0.3, -0.25) is 4.98 Å². The third kappa shape index (κ3) is 2.11. The Kier molecular flexibility index (Phi) is 3.10. The lowest BCUT2D eigenvalue weighted by molar-refractivity contribution is 0.808. The van der Waals surface area contributed by atoms with E-state index < -0.39 is 0 Å². The van der Waals surface area contributed by atoms with Gasteiger partial charge in [-0.15, -0.1) is 0 Å². The molecule has 0 aliphatic carbocycles. The Morgan fingerprint density at radius 2 is 2.00 bits per heavy atom. The average molecular weight is 386 g/mol. The molecule has 4 rings (SSSR count). The van der Waals surface area contributed by atoms with Crippen molar-refractivity contribution in [2.24, 2.45) is 0 Å². The van der Waals surface area contributed by atoms with E-state index in [-0.39, 0.29) is 0 Å². The van der Waals surface area contributed by atoms with Crippen molar-refractivity contribution in [1.29, 1.82) is 0 Å². The van der Waals surface area contributed by atoms with Crippen molar-refractivity contribution in [3.63, 3.8) is 0 Å². The van der Waals surface area contributed by atoms with E-state index in [4.69, 9.17) is 0 Å². The molecule has 1 aliphatic rings. The van der Waals surface area contributed by atoms with E-state index in [1.165, 1.54) is 33.2 Å². The third-order valence-corrected chi connectivity index (χ3v) is 5.66. The van der Waals surface area contributed by atoms with Gasteiger partial charge in [0.25, 0.3) is 0 Å². The van der Waals surface area contributed by atoms with E-state index in [0.717, 1.165) is 6.42 Å². The number of rotatable bonds is 1. The predicted molar refractivity (Wildman–Crippen MR) is 96.8 cm³/mol. The molecule has 1 atom stereocenters. The lowest BCUT2D eigenvalue weighted by Crippen LogP contribution is -2.16. The molecule has 0 saturated heterocycles. The molecule has 0 N–H and O–H groups in total. The Balaban J connectivity index is 1.89. The quantitative estimate of drug-likeness (QED) is 0.432. The molecular weight excluding hydrogens is 371 g/mol. The lowest BCUT2D eigenvalue weighted by Gasteiger charge is -2.15. The first-order valence-electron chi connectivity index (χ1n) is 7.15. The van der Waals surface area contributed by atoms with Gasteiger partial charge in [0.1, 0.15) is 0 Å². The van der Waals surface area contributed by atoms with Crippen LogP contribution in [0.15, 0.2) is 54.9 Å². The first kappa shape index (κ1) is 13.1. The molecule has 1 aromatic heterocycles. The van der Waals surface area contributed by atoms with Crippen molar-refractivity contribution in [1.82, 2.24) is 4.98 Å². The van der Waals surface area contributed by atoms with Crippen LogP contribution < -0.4 is 3.11 Å². The second-order valence-electron chi connectivity index (χ2n) is 5.62. The van der Waals surface area contributed by atoms with Crippen LogP contribution in [0.3, 0.4) is 0 Å². The Morgan fingerprint density at radius 1 is 1.14 bits per heavy atom. The number of anilines is 1. The number of aromatic nitrogens is 1. The van der Waals surface area contributed by atoms with Crippen molar-refractivity contribution < 1.29 is 0 Å². The van der Waals surface area contributed by atoms with Crippen LogP contribution in [0.5, 0.6) is 0 Å². The van der Waals surface area contributed by atoms with Crippen LogP contribution >= 0.6 is 22.9 Å². The van der Waals surface area contributed by atoms with Gasteiger partial charge in [-0.05, 0) is 42.0 Å². The van der Waals surface area contributed by atoms with E-state index in [0.29, 0.717) is 6.04 Å². The molecule has 21 heavy (non-hydrogen) atoms. The van der Waals surface area contributed by atoms with Crippen molar-refractivity contribution >= 4 is 39.3 Å². The average Bonchev–Trinajstić information content (AvgIpc) is 2.81. The predicted octanol–water partition coefficient (Wildman–Crippen LogP) is 5.00. The molecule has 2 aromatic carbocycles. The fraction of sp³-hybridized carbons (Fsp3) is 0.167. The zero-order valence-electron chi connectivity index (χ0n) is 11.8. The summed E-state index contributed by atoms with van der Waals surface area (Å²) in [4.78, 5) is 4.40. The van der Waals surface area contributed by atoms with Crippen LogP contribution in [0.4, 0.5) is 5.69 Å². The molecule has 0 saturated carbocycles. The highest BCUT2D eigenvalue weighted by Gasteiger charge is 2.24. The summed E-state index contributed by atoms with van der Waals surface area (Å²) in [6.07, 6.45) is 5.02. The van der Waals surface area contributed by atoms with Crippen molar-refractivity contribution in [2.45, 2.75) is 19.4 Å². The Morgan fingerprint density at radius 3 is 2.90 bits per heavy atom. The number of hydrogen-bond donors (Lipinski definition) is 0. The minimum Gasteiger partial charge on any atom is -0.311 e. The molecule has 0 bridgehead atoms. The molecule has 3 aromatic rings. The SMILES string of the molecule is C[C@@H]1Cc2cc(-c3cncc4ccccc34)ccc2N1I. The van der Waals surface area contributed by atoms with Gasteiger partial charge in [0.2, 0.25) is 0 Å². The molecule has 0 amide bonds. The highest BCUT2D eigenvalue weighted by Crippen LogP contribution is 2.38. The monoisotopic (exact) mass is 386 g/mol. The maximum Gasteiger partial charge on any atom is 0.0594 e. The molecule has 0 fully saturated rings. The molecule has 2 heterocycles. The van der Waals surface area contributed by atoms with Gasteiger partial charge in [-0.1, -0.05) is 30.3 Å². The lowest BCUT2D eigenvalue weighted by atomic mass is 9.98. The van der Waals surface area contributed by atoms with Gasteiger partial charge in [-0.2, -0.15) is 0 Å². The van der Waals surface area contributed by atoms with Gasteiger partial charge < -0.3 is 3.11 Å². The van der Waals surface area contributed by atoms with Crippen LogP contribution in [0.1, 0.15) is 12.5 Å². The van der Waals surface area contributed by atoms with E-state index in [9.17, 15) is 0 Å². The second kappa shape index (κ2) is 4.98. The van der Waals surface area contributed by atoms with Crippen molar-refractivity contribution in [3.05, 3.63) is 60.4 Å².